The highest BCUT2D eigenvalue weighted by molar-refractivity contribution is 5.68. The van der Waals surface area contributed by atoms with E-state index >= 15 is 0 Å². The second kappa shape index (κ2) is 13.0. The zero-order valence-corrected chi connectivity index (χ0v) is 7.35. The Morgan fingerprint density at radius 2 is 1.08 bits per heavy atom. The number of rotatable bonds is 1. The molecule has 0 aliphatic rings. The molecule has 0 atom stereocenters. The molecule has 0 aromatic rings. The van der Waals surface area contributed by atoms with Gasteiger partial charge in [-0.15, -0.1) is 0 Å². The van der Waals surface area contributed by atoms with Gasteiger partial charge in [0.25, 0.3) is 11.9 Å². The molecule has 0 radical (unpaired) electrons. The molecule has 0 heterocycles. The molecule has 7 nitrogen and oxygen atoms in total. The predicted octanol–water partition coefficient (Wildman–Crippen LogP) is -0.788. The van der Waals surface area contributed by atoms with E-state index in [0.29, 0.717) is 0 Å². The number of carboxylic acids is 3. The highest BCUT2D eigenvalue weighted by atomic mass is 16.4. The van der Waals surface area contributed by atoms with Gasteiger partial charge in [0.15, 0.2) is 0 Å². The maximum atomic E-state index is 9.24. The van der Waals surface area contributed by atoms with Crippen LogP contribution in [0.15, 0.2) is 0 Å². The normalized spacial score (nSPS) is 6.69. The van der Waals surface area contributed by atoms with E-state index in [2.05, 4.69) is 5.73 Å². The Hall–Kier alpha value is -1.63. The molecular weight excluding hydrogens is 182 g/mol. The summed E-state index contributed by atoms with van der Waals surface area (Å²) in [5.41, 5.74) is 4.57. The number of carboxylic acid groups (broad SMARTS) is 3. The fraction of sp³-hybridized carbons (Fsp3) is 0.500. The minimum atomic E-state index is -0.968. The van der Waals surface area contributed by atoms with Gasteiger partial charge in [-0.25, -0.2) is 0 Å². The van der Waals surface area contributed by atoms with Gasteiger partial charge in [-0.2, -0.15) is 0 Å². The first-order chi connectivity index (χ1) is 5.73. The second-order valence-corrected chi connectivity index (χ2v) is 1.64. The van der Waals surface area contributed by atoms with Gasteiger partial charge in [0.2, 0.25) is 0 Å². The zero-order chi connectivity index (χ0) is 11.4. The fourth-order valence-corrected chi connectivity index (χ4v) is 0. The van der Waals surface area contributed by atoms with E-state index in [1.165, 1.54) is 0 Å². The molecule has 0 aliphatic carbocycles. The quantitative estimate of drug-likeness (QED) is 0.430. The van der Waals surface area contributed by atoms with Crippen LogP contribution in [0.1, 0.15) is 13.8 Å². The number of nitrogens with two attached hydrogens (primary N) is 1. The van der Waals surface area contributed by atoms with Crippen molar-refractivity contribution in [3.8, 4) is 0 Å². The van der Waals surface area contributed by atoms with Crippen LogP contribution >= 0.6 is 0 Å². The van der Waals surface area contributed by atoms with Crippen LogP contribution < -0.4 is 5.73 Å². The van der Waals surface area contributed by atoms with Crippen molar-refractivity contribution in [2.24, 2.45) is 5.73 Å². The van der Waals surface area contributed by atoms with E-state index in [9.17, 15) is 4.79 Å². The molecule has 0 aromatic heterocycles. The van der Waals surface area contributed by atoms with Crippen LogP contribution in [0.25, 0.3) is 0 Å². The summed E-state index contributed by atoms with van der Waals surface area (Å²) >= 11 is 0. The molecule has 0 bridgehead atoms. The van der Waals surface area contributed by atoms with E-state index in [4.69, 9.17) is 24.9 Å². The van der Waals surface area contributed by atoms with Crippen molar-refractivity contribution < 1.29 is 29.7 Å². The number of hydrogen-bond donors (Lipinski definition) is 4. The molecule has 0 aromatic carbocycles. The van der Waals surface area contributed by atoms with E-state index < -0.39 is 17.9 Å². The van der Waals surface area contributed by atoms with Gasteiger partial charge in [0, 0.05) is 13.8 Å². The van der Waals surface area contributed by atoms with Crippen LogP contribution in [0, 0.1) is 0 Å². The Kier molecular flexibility index (Phi) is 17.4. The van der Waals surface area contributed by atoms with Gasteiger partial charge in [-0.3, -0.25) is 14.4 Å². The minimum absolute atomic E-state index is 0.278. The molecule has 0 saturated heterocycles. The Morgan fingerprint density at radius 3 is 1.08 bits per heavy atom. The summed E-state index contributed by atoms with van der Waals surface area (Å²) in [7, 11) is 0. The lowest BCUT2D eigenvalue weighted by Gasteiger charge is -1.73. The van der Waals surface area contributed by atoms with Crippen LogP contribution in [-0.2, 0) is 14.4 Å². The van der Waals surface area contributed by atoms with Gasteiger partial charge < -0.3 is 21.1 Å². The third kappa shape index (κ3) is 5310. The topological polar surface area (TPSA) is 138 Å². The summed E-state index contributed by atoms with van der Waals surface area (Å²) in [6.45, 7) is 1.89. The molecule has 0 spiro atoms. The lowest BCUT2D eigenvalue weighted by molar-refractivity contribution is -0.136. The van der Waals surface area contributed by atoms with Crippen LogP contribution in [0.3, 0.4) is 0 Å². The second-order valence-electron chi connectivity index (χ2n) is 1.64. The van der Waals surface area contributed by atoms with Crippen molar-refractivity contribution >= 4 is 17.9 Å². The number of aliphatic carboxylic acids is 3. The molecule has 0 unspecified atom stereocenters. The summed E-state index contributed by atoms with van der Waals surface area (Å²) in [4.78, 5) is 27.2. The van der Waals surface area contributed by atoms with Crippen molar-refractivity contribution in [1.29, 1.82) is 0 Å². The minimum Gasteiger partial charge on any atom is -0.481 e. The third-order valence-electron chi connectivity index (χ3n) is 0.175. The van der Waals surface area contributed by atoms with Crippen molar-refractivity contribution in [1.82, 2.24) is 0 Å². The van der Waals surface area contributed by atoms with Gasteiger partial charge in [0.05, 0.1) is 6.54 Å². The molecule has 78 valence electrons. The van der Waals surface area contributed by atoms with E-state index in [-0.39, 0.29) is 6.54 Å². The van der Waals surface area contributed by atoms with E-state index in [1.807, 2.05) is 0 Å². The van der Waals surface area contributed by atoms with Crippen LogP contribution in [0.4, 0.5) is 0 Å². The van der Waals surface area contributed by atoms with Gasteiger partial charge in [-0.1, -0.05) is 0 Å². The molecule has 0 saturated carbocycles. The lowest BCUT2D eigenvalue weighted by atomic mass is 10.7. The smallest absolute Gasteiger partial charge is 0.317 e. The monoisotopic (exact) mass is 195 g/mol. The molecular formula is C6H13NO6. The maximum Gasteiger partial charge on any atom is 0.317 e. The number of hydrogen-bond acceptors (Lipinski definition) is 4. The standard InChI is InChI=1S/C2H5NO2.2C2H4O2/c3-1-2(4)5;2*1-2(3)4/h1,3H2,(H,4,5);2*1H3,(H,3,4). The Labute approximate surface area is 74.8 Å². The Balaban J connectivity index is -0.000000117. The summed E-state index contributed by atoms with van der Waals surface area (Å²) in [5.74, 6) is -2.63. The van der Waals surface area contributed by atoms with Gasteiger partial charge in [-0.05, 0) is 0 Å². The van der Waals surface area contributed by atoms with Crippen molar-refractivity contribution in [3.05, 3.63) is 0 Å². The molecule has 0 fully saturated rings. The third-order valence-corrected chi connectivity index (χ3v) is 0.175. The fourth-order valence-electron chi connectivity index (χ4n) is 0. The molecule has 0 amide bonds. The van der Waals surface area contributed by atoms with E-state index in [1.54, 1.807) is 0 Å². The summed E-state index contributed by atoms with van der Waals surface area (Å²) in [6, 6.07) is 0. The van der Waals surface area contributed by atoms with Gasteiger partial charge in [0.1, 0.15) is 0 Å². The average Bonchev–Trinajstić information content (AvgIpc) is 1.84. The number of carbonyl (C=O) groups is 3. The first-order valence-corrected chi connectivity index (χ1v) is 3.04. The lowest BCUT2D eigenvalue weighted by Crippen LogP contribution is -2.10. The molecule has 7 heteroatoms. The van der Waals surface area contributed by atoms with Gasteiger partial charge >= 0.3 is 5.97 Å². The molecule has 5 N–H and O–H groups in total. The first-order valence-electron chi connectivity index (χ1n) is 3.04. The Morgan fingerprint density at radius 1 is 1.00 bits per heavy atom. The van der Waals surface area contributed by atoms with Crippen LogP contribution in [-0.4, -0.2) is 39.8 Å². The highest BCUT2D eigenvalue weighted by Gasteiger charge is 1.81. The largest absolute Gasteiger partial charge is 0.481 e. The first kappa shape index (κ1) is 17.5. The summed E-state index contributed by atoms with van der Waals surface area (Å²) in [5, 5.41) is 22.4. The van der Waals surface area contributed by atoms with E-state index in [0.717, 1.165) is 13.8 Å². The maximum absolute atomic E-state index is 9.24. The molecule has 0 rings (SSSR count). The average molecular weight is 195 g/mol. The zero-order valence-electron chi connectivity index (χ0n) is 7.35. The molecule has 13 heavy (non-hydrogen) atoms. The summed E-state index contributed by atoms with van der Waals surface area (Å²) in [6.07, 6.45) is 0. The van der Waals surface area contributed by atoms with Crippen molar-refractivity contribution in [2.45, 2.75) is 13.8 Å². The SMILES string of the molecule is CC(=O)O.CC(=O)O.NCC(=O)O. The highest BCUT2D eigenvalue weighted by Crippen LogP contribution is 1.44. The predicted molar refractivity (Wildman–Crippen MR) is 43.3 cm³/mol. The van der Waals surface area contributed by atoms with Crippen LogP contribution in [0.5, 0.6) is 0 Å². The summed E-state index contributed by atoms with van der Waals surface area (Å²) < 4.78 is 0. The molecule has 0 aliphatic heterocycles. The van der Waals surface area contributed by atoms with Crippen molar-refractivity contribution in [3.63, 3.8) is 0 Å². The van der Waals surface area contributed by atoms with Crippen LogP contribution in [0.2, 0.25) is 0 Å². The van der Waals surface area contributed by atoms with Crippen molar-refractivity contribution in [2.75, 3.05) is 6.54 Å². The Bertz CT molecular complexity index is 147.